The predicted octanol–water partition coefficient (Wildman–Crippen LogP) is 0.489. The fourth-order valence-electron chi connectivity index (χ4n) is 2.28. The number of carbonyl (C=O) groups excluding carboxylic acids is 1. The minimum Gasteiger partial charge on any atom is -0.383 e. The molecule has 2 aromatic heterocycles. The van der Waals surface area contributed by atoms with Gasteiger partial charge < -0.3 is 14.2 Å². The summed E-state index contributed by atoms with van der Waals surface area (Å²) in [5.41, 5.74) is 0.549. The Morgan fingerprint density at radius 1 is 1.52 bits per heavy atom. The normalized spacial score (nSPS) is 18.4. The number of amides is 1. The topological polar surface area (TPSA) is 94.2 Å². The van der Waals surface area contributed by atoms with Crippen LogP contribution < -0.4 is 0 Å². The van der Waals surface area contributed by atoms with Gasteiger partial charge in [-0.05, 0) is 12.1 Å². The molecule has 1 saturated heterocycles. The highest BCUT2D eigenvalue weighted by molar-refractivity contribution is 5.79. The molecule has 1 aliphatic heterocycles. The summed E-state index contributed by atoms with van der Waals surface area (Å²) in [4.78, 5) is 18.0. The summed E-state index contributed by atoms with van der Waals surface area (Å²) >= 11 is 0. The van der Waals surface area contributed by atoms with Crippen LogP contribution in [0, 0.1) is 0 Å². The lowest BCUT2D eigenvalue weighted by atomic mass is 10.1. The number of likely N-dealkylation sites (tertiary alicyclic amines) is 1. The van der Waals surface area contributed by atoms with Crippen LogP contribution in [-0.4, -0.2) is 58.0 Å². The smallest absolute Gasteiger partial charge is 0.232 e. The summed E-state index contributed by atoms with van der Waals surface area (Å²) in [6, 6.07) is 3.51. The minimum absolute atomic E-state index is 0.0766. The van der Waals surface area contributed by atoms with Gasteiger partial charge in [0.25, 0.3) is 0 Å². The first-order valence-electron chi connectivity index (χ1n) is 6.66. The molecule has 3 heterocycles. The van der Waals surface area contributed by atoms with Gasteiger partial charge in [-0.1, -0.05) is 5.16 Å². The quantitative estimate of drug-likeness (QED) is 0.790. The second-order valence-electron chi connectivity index (χ2n) is 4.80. The molecule has 2 aromatic rings. The SMILES string of the molecule is COCCN1C[C@@H](c2nc(-c3cccnn3)no2)CC1=O. The first-order valence-corrected chi connectivity index (χ1v) is 6.66. The molecule has 1 fully saturated rings. The molecule has 0 unspecified atom stereocenters. The Balaban J connectivity index is 1.71. The number of rotatable bonds is 5. The zero-order valence-electron chi connectivity index (χ0n) is 11.6. The molecule has 0 bridgehead atoms. The molecule has 0 spiro atoms. The predicted molar refractivity (Wildman–Crippen MR) is 71.1 cm³/mol. The zero-order valence-corrected chi connectivity index (χ0v) is 11.6. The van der Waals surface area contributed by atoms with Gasteiger partial charge in [0.15, 0.2) is 0 Å². The van der Waals surface area contributed by atoms with Crippen LogP contribution in [0.2, 0.25) is 0 Å². The molecule has 1 aliphatic rings. The number of methoxy groups -OCH3 is 1. The molecule has 0 N–H and O–H groups in total. The summed E-state index contributed by atoms with van der Waals surface area (Å²) in [7, 11) is 1.61. The standard InChI is InChI=1S/C13H15N5O3/c1-20-6-5-18-8-9(7-11(18)19)13-15-12(17-21-13)10-3-2-4-14-16-10/h2-4,9H,5-8H2,1H3/t9-/m0/s1. The van der Waals surface area contributed by atoms with Crippen molar-refractivity contribution in [3.8, 4) is 11.5 Å². The van der Waals surface area contributed by atoms with Crippen LogP contribution >= 0.6 is 0 Å². The summed E-state index contributed by atoms with van der Waals surface area (Å²) in [5.74, 6) is 0.855. The van der Waals surface area contributed by atoms with E-state index in [1.54, 1.807) is 30.3 Å². The molecule has 0 saturated carbocycles. The summed E-state index contributed by atoms with van der Waals surface area (Å²) < 4.78 is 10.3. The molecule has 8 nitrogen and oxygen atoms in total. The Kier molecular flexibility index (Phi) is 3.87. The Morgan fingerprint density at radius 3 is 3.19 bits per heavy atom. The molecular formula is C13H15N5O3. The van der Waals surface area contributed by atoms with Crippen molar-refractivity contribution < 1.29 is 14.1 Å². The van der Waals surface area contributed by atoms with Gasteiger partial charge in [0.05, 0.1) is 12.5 Å². The van der Waals surface area contributed by atoms with E-state index in [-0.39, 0.29) is 11.8 Å². The minimum atomic E-state index is -0.0766. The largest absolute Gasteiger partial charge is 0.383 e. The van der Waals surface area contributed by atoms with Crippen molar-refractivity contribution in [1.29, 1.82) is 0 Å². The van der Waals surface area contributed by atoms with E-state index in [2.05, 4.69) is 20.3 Å². The molecule has 0 aliphatic carbocycles. The molecule has 3 rings (SSSR count). The summed E-state index contributed by atoms with van der Waals surface area (Å²) in [5, 5.41) is 11.6. The van der Waals surface area contributed by atoms with Crippen LogP contribution in [0.15, 0.2) is 22.9 Å². The highest BCUT2D eigenvalue weighted by Gasteiger charge is 2.34. The first-order chi connectivity index (χ1) is 10.3. The molecule has 1 atom stereocenters. The van der Waals surface area contributed by atoms with Crippen molar-refractivity contribution in [2.24, 2.45) is 0 Å². The van der Waals surface area contributed by atoms with Gasteiger partial charge in [-0.3, -0.25) is 4.79 Å². The lowest BCUT2D eigenvalue weighted by Crippen LogP contribution is -2.28. The van der Waals surface area contributed by atoms with Crippen molar-refractivity contribution in [3.63, 3.8) is 0 Å². The number of hydrogen-bond donors (Lipinski definition) is 0. The van der Waals surface area contributed by atoms with Gasteiger partial charge in [-0.2, -0.15) is 10.1 Å². The summed E-state index contributed by atoms with van der Waals surface area (Å²) in [6.45, 7) is 1.68. The van der Waals surface area contributed by atoms with E-state index in [0.717, 1.165) is 0 Å². The van der Waals surface area contributed by atoms with Crippen LogP contribution in [0.3, 0.4) is 0 Å². The van der Waals surface area contributed by atoms with Gasteiger partial charge in [0.1, 0.15) is 5.69 Å². The number of ether oxygens (including phenoxy) is 1. The molecule has 8 heteroatoms. The molecule has 21 heavy (non-hydrogen) atoms. The lowest BCUT2D eigenvalue weighted by Gasteiger charge is -2.14. The average Bonchev–Trinajstić information content (AvgIpc) is 3.13. The number of nitrogens with zero attached hydrogens (tertiary/aromatic N) is 5. The fraction of sp³-hybridized carbons (Fsp3) is 0.462. The van der Waals surface area contributed by atoms with E-state index in [0.29, 0.717) is 43.5 Å². The van der Waals surface area contributed by atoms with Gasteiger partial charge in [-0.25, -0.2) is 0 Å². The number of aromatic nitrogens is 4. The van der Waals surface area contributed by atoms with Crippen LogP contribution in [0.4, 0.5) is 0 Å². The van der Waals surface area contributed by atoms with Gasteiger partial charge in [-0.15, -0.1) is 5.10 Å². The number of carbonyl (C=O) groups is 1. The molecule has 110 valence electrons. The molecule has 1 amide bonds. The van der Waals surface area contributed by atoms with E-state index >= 15 is 0 Å². The zero-order chi connectivity index (χ0) is 14.7. The lowest BCUT2D eigenvalue weighted by molar-refractivity contribution is -0.128. The van der Waals surface area contributed by atoms with Crippen molar-refractivity contribution in [3.05, 3.63) is 24.2 Å². The average molecular weight is 289 g/mol. The third-order valence-corrected chi connectivity index (χ3v) is 3.37. The Labute approximate surface area is 121 Å². The van der Waals surface area contributed by atoms with Crippen LogP contribution in [0.1, 0.15) is 18.2 Å². The van der Waals surface area contributed by atoms with E-state index in [1.165, 1.54) is 0 Å². The maximum Gasteiger partial charge on any atom is 0.232 e. The monoisotopic (exact) mass is 289 g/mol. The third-order valence-electron chi connectivity index (χ3n) is 3.37. The highest BCUT2D eigenvalue weighted by atomic mass is 16.5. The number of hydrogen-bond acceptors (Lipinski definition) is 7. The molecule has 0 radical (unpaired) electrons. The fourth-order valence-corrected chi connectivity index (χ4v) is 2.28. The van der Waals surface area contributed by atoms with Crippen molar-refractivity contribution >= 4 is 5.91 Å². The molecule has 0 aromatic carbocycles. The van der Waals surface area contributed by atoms with Crippen molar-refractivity contribution in [2.75, 3.05) is 26.8 Å². The first kappa shape index (κ1) is 13.6. The Bertz CT molecular complexity index is 615. The highest BCUT2D eigenvalue weighted by Crippen LogP contribution is 2.27. The second-order valence-corrected chi connectivity index (χ2v) is 4.80. The summed E-state index contributed by atoms with van der Waals surface area (Å²) in [6.07, 6.45) is 1.96. The van der Waals surface area contributed by atoms with Crippen molar-refractivity contribution in [1.82, 2.24) is 25.2 Å². The maximum atomic E-state index is 11.9. The van der Waals surface area contributed by atoms with Gasteiger partial charge in [0.2, 0.25) is 17.6 Å². The van der Waals surface area contributed by atoms with E-state index in [9.17, 15) is 4.79 Å². The Morgan fingerprint density at radius 2 is 2.43 bits per heavy atom. The van der Waals surface area contributed by atoms with Crippen LogP contribution in [0.5, 0.6) is 0 Å². The van der Waals surface area contributed by atoms with E-state index < -0.39 is 0 Å². The molecular weight excluding hydrogens is 274 g/mol. The van der Waals surface area contributed by atoms with Gasteiger partial charge >= 0.3 is 0 Å². The maximum absolute atomic E-state index is 11.9. The van der Waals surface area contributed by atoms with Crippen LogP contribution in [-0.2, 0) is 9.53 Å². The Hall–Kier alpha value is -2.35. The third kappa shape index (κ3) is 2.89. The second kappa shape index (κ2) is 5.96. The van der Waals surface area contributed by atoms with Gasteiger partial charge in [0, 0.05) is 32.8 Å². The van der Waals surface area contributed by atoms with E-state index in [4.69, 9.17) is 9.26 Å². The van der Waals surface area contributed by atoms with Crippen molar-refractivity contribution in [2.45, 2.75) is 12.3 Å². The van der Waals surface area contributed by atoms with E-state index in [1.807, 2.05) is 0 Å². The van der Waals surface area contributed by atoms with Crippen LogP contribution in [0.25, 0.3) is 11.5 Å².